The summed E-state index contributed by atoms with van der Waals surface area (Å²) in [6.45, 7) is 3.72. The molecule has 0 spiro atoms. The van der Waals surface area contributed by atoms with Crippen molar-refractivity contribution in [3.05, 3.63) is 0 Å². The van der Waals surface area contributed by atoms with Gasteiger partial charge in [0.05, 0.1) is 5.92 Å². The zero-order chi connectivity index (χ0) is 13.8. The fraction of sp³-hybridized carbons (Fsp3) is 0.857. The second-order valence-corrected chi connectivity index (χ2v) is 6.00. The van der Waals surface area contributed by atoms with E-state index < -0.39 is 5.92 Å². The number of amidine groups is 1. The second kappa shape index (κ2) is 6.26. The molecule has 2 fully saturated rings. The number of hydrogen-bond acceptors (Lipinski definition) is 3. The number of hydrogen-bond donors (Lipinski definition) is 2. The highest BCUT2D eigenvalue weighted by Gasteiger charge is 2.35. The third-order valence-corrected chi connectivity index (χ3v) is 4.01. The summed E-state index contributed by atoms with van der Waals surface area (Å²) in [5.74, 6) is 1.02. The molecule has 0 radical (unpaired) electrons. The molecule has 2 rings (SSSR count). The molecular formula is C14H25N3O2. The highest BCUT2D eigenvalue weighted by Crippen LogP contribution is 2.34. The van der Waals surface area contributed by atoms with Crippen LogP contribution in [0.3, 0.4) is 0 Å². The molecule has 5 heteroatoms. The van der Waals surface area contributed by atoms with Crippen LogP contribution in [-0.4, -0.2) is 34.9 Å². The first kappa shape index (κ1) is 14.2. The van der Waals surface area contributed by atoms with E-state index in [4.69, 9.17) is 10.9 Å². The van der Waals surface area contributed by atoms with Gasteiger partial charge in [0, 0.05) is 13.1 Å². The van der Waals surface area contributed by atoms with E-state index in [-0.39, 0.29) is 11.7 Å². The summed E-state index contributed by atoms with van der Waals surface area (Å²) in [6, 6.07) is 0. The van der Waals surface area contributed by atoms with E-state index in [0.29, 0.717) is 18.3 Å². The van der Waals surface area contributed by atoms with Crippen LogP contribution in [0.2, 0.25) is 0 Å². The van der Waals surface area contributed by atoms with Gasteiger partial charge in [-0.2, -0.15) is 0 Å². The van der Waals surface area contributed by atoms with Gasteiger partial charge in [0.2, 0.25) is 5.91 Å². The summed E-state index contributed by atoms with van der Waals surface area (Å²) in [5, 5.41) is 11.9. The average molecular weight is 267 g/mol. The van der Waals surface area contributed by atoms with E-state index in [1.54, 1.807) is 0 Å². The average Bonchev–Trinajstić information content (AvgIpc) is 3.28. The van der Waals surface area contributed by atoms with Crippen LogP contribution in [0.5, 0.6) is 0 Å². The lowest BCUT2D eigenvalue weighted by Crippen LogP contribution is -2.43. The van der Waals surface area contributed by atoms with Crippen molar-refractivity contribution in [3.8, 4) is 0 Å². The number of nitrogens with zero attached hydrogens (tertiary/aromatic N) is 2. The molecule has 0 saturated heterocycles. The minimum absolute atomic E-state index is 0.0518. The largest absolute Gasteiger partial charge is 0.409 e. The molecule has 2 saturated carbocycles. The summed E-state index contributed by atoms with van der Waals surface area (Å²) in [5.41, 5.74) is 5.69. The van der Waals surface area contributed by atoms with Gasteiger partial charge in [0.1, 0.15) is 0 Å². The van der Waals surface area contributed by atoms with Crippen LogP contribution in [-0.2, 0) is 4.79 Å². The predicted molar refractivity (Wildman–Crippen MR) is 73.8 cm³/mol. The lowest BCUT2D eigenvalue weighted by atomic mass is 10.0. The van der Waals surface area contributed by atoms with Gasteiger partial charge in [0.25, 0.3) is 0 Å². The molecule has 3 N–H and O–H groups in total. The van der Waals surface area contributed by atoms with Crippen molar-refractivity contribution < 1.29 is 10.0 Å². The molecule has 19 heavy (non-hydrogen) atoms. The minimum Gasteiger partial charge on any atom is -0.409 e. The summed E-state index contributed by atoms with van der Waals surface area (Å²) in [6.07, 6.45) is 6.44. The number of amides is 1. The van der Waals surface area contributed by atoms with Gasteiger partial charge in [-0.1, -0.05) is 18.5 Å². The summed E-state index contributed by atoms with van der Waals surface area (Å²) < 4.78 is 0. The lowest BCUT2D eigenvalue weighted by Gasteiger charge is -2.27. The van der Waals surface area contributed by atoms with E-state index in [1.807, 2.05) is 11.8 Å². The van der Waals surface area contributed by atoms with E-state index in [2.05, 4.69) is 5.16 Å². The molecule has 5 nitrogen and oxygen atoms in total. The molecule has 1 amide bonds. The van der Waals surface area contributed by atoms with Crippen molar-refractivity contribution in [1.29, 1.82) is 0 Å². The first-order valence-corrected chi connectivity index (χ1v) is 7.41. The fourth-order valence-corrected chi connectivity index (χ4v) is 2.46. The Bertz CT molecular complexity index is 335. The quantitative estimate of drug-likeness (QED) is 0.304. The van der Waals surface area contributed by atoms with Crippen molar-refractivity contribution in [2.45, 2.75) is 45.4 Å². The van der Waals surface area contributed by atoms with Crippen LogP contribution in [0.15, 0.2) is 5.16 Å². The third kappa shape index (κ3) is 4.11. The lowest BCUT2D eigenvalue weighted by molar-refractivity contribution is -0.134. The van der Waals surface area contributed by atoms with Crippen molar-refractivity contribution in [2.24, 2.45) is 28.6 Å². The topological polar surface area (TPSA) is 78.9 Å². The Kier molecular flexibility index (Phi) is 4.66. The van der Waals surface area contributed by atoms with Gasteiger partial charge in [-0.25, -0.2) is 0 Å². The van der Waals surface area contributed by atoms with Gasteiger partial charge in [-0.05, 0) is 43.9 Å². The van der Waals surface area contributed by atoms with Crippen molar-refractivity contribution in [1.82, 2.24) is 4.90 Å². The number of rotatable bonds is 8. The summed E-state index contributed by atoms with van der Waals surface area (Å²) in [4.78, 5) is 14.6. The second-order valence-electron chi connectivity index (χ2n) is 6.00. The molecule has 0 heterocycles. The summed E-state index contributed by atoms with van der Waals surface area (Å²) in [7, 11) is 0. The van der Waals surface area contributed by atoms with Crippen molar-refractivity contribution >= 4 is 11.7 Å². The predicted octanol–water partition coefficient (Wildman–Crippen LogP) is 1.80. The van der Waals surface area contributed by atoms with Crippen molar-refractivity contribution in [2.75, 3.05) is 13.1 Å². The Hall–Kier alpha value is -1.26. The smallest absolute Gasteiger partial charge is 0.233 e. The number of nitrogens with two attached hydrogens (primary N) is 1. The van der Waals surface area contributed by atoms with E-state index in [9.17, 15) is 4.79 Å². The van der Waals surface area contributed by atoms with Gasteiger partial charge in [-0.15, -0.1) is 0 Å². The van der Waals surface area contributed by atoms with E-state index in [1.165, 1.54) is 25.7 Å². The Labute approximate surface area is 114 Å². The first-order chi connectivity index (χ1) is 9.15. The van der Waals surface area contributed by atoms with Gasteiger partial charge < -0.3 is 15.8 Å². The van der Waals surface area contributed by atoms with Gasteiger partial charge >= 0.3 is 0 Å². The highest BCUT2D eigenvalue weighted by atomic mass is 16.4. The molecule has 0 aromatic rings. The van der Waals surface area contributed by atoms with Crippen LogP contribution in [0.4, 0.5) is 0 Å². The molecule has 108 valence electrons. The molecule has 1 unspecified atom stereocenters. The molecular weight excluding hydrogens is 242 g/mol. The number of carbonyl (C=O) groups is 1. The maximum Gasteiger partial charge on any atom is 0.233 e. The maximum absolute atomic E-state index is 12.6. The first-order valence-electron chi connectivity index (χ1n) is 7.41. The zero-order valence-corrected chi connectivity index (χ0v) is 11.7. The van der Waals surface area contributed by atoms with Crippen LogP contribution in [0, 0.1) is 17.8 Å². The Morgan fingerprint density at radius 3 is 2.21 bits per heavy atom. The van der Waals surface area contributed by atoms with Crippen LogP contribution >= 0.6 is 0 Å². The normalized spacial score (nSPS) is 21.2. The van der Waals surface area contributed by atoms with Gasteiger partial charge in [-0.3, -0.25) is 4.79 Å². The van der Waals surface area contributed by atoms with E-state index in [0.717, 1.165) is 19.5 Å². The number of carbonyl (C=O) groups excluding carboxylic acids is 1. The SMILES string of the molecule is CCCC(C(=O)N(CC1CC1)CC1CC1)C(N)=NO. The molecule has 2 aliphatic carbocycles. The molecule has 0 aromatic heterocycles. The molecule has 2 aliphatic rings. The summed E-state index contributed by atoms with van der Waals surface area (Å²) >= 11 is 0. The van der Waals surface area contributed by atoms with Crippen LogP contribution < -0.4 is 5.73 Å². The Balaban J connectivity index is 2.00. The Morgan fingerprint density at radius 2 is 1.84 bits per heavy atom. The standard InChI is InChI=1S/C14H25N3O2/c1-2-3-12(13(15)16-19)14(18)17(8-10-4-5-10)9-11-6-7-11/h10-12,19H,2-9H2,1H3,(H2,15,16). The van der Waals surface area contributed by atoms with Crippen LogP contribution in [0.25, 0.3) is 0 Å². The fourth-order valence-electron chi connectivity index (χ4n) is 2.46. The van der Waals surface area contributed by atoms with Crippen molar-refractivity contribution in [3.63, 3.8) is 0 Å². The minimum atomic E-state index is -0.451. The van der Waals surface area contributed by atoms with E-state index >= 15 is 0 Å². The highest BCUT2D eigenvalue weighted by molar-refractivity contribution is 6.02. The Morgan fingerprint density at radius 1 is 1.32 bits per heavy atom. The van der Waals surface area contributed by atoms with Crippen LogP contribution in [0.1, 0.15) is 45.4 Å². The molecule has 0 aromatic carbocycles. The molecule has 0 bridgehead atoms. The molecule has 1 atom stereocenters. The monoisotopic (exact) mass is 267 g/mol. The maximum atomic E-state index is 12.6. The zero-order valence-electron chi connectivity index (χ0n) is 11.7. The number of oxime groups is 1. The van der Waals surface area contributed by atoms with Gasteiger partial charge in [0.15, 0.2) is 5.84 Å². The third-order valence-electron chi connectivity index (χ3n) is 4.01. The molecule has 0 aliphatic heterocycles.